The van der Waals surface area contributed by atoms with E-state index < -0.39 is 0 Å². The molecule has 0 saturated heterocycles. The number of thiazole rings is 1. The Morgan fingerprint density at radius 1 is 1.50 bits per heavy atom. The molecule has 0 radical (unpaired) electrons. The van der Waals surface area contributed by atoms with E-state index in [1.807, 2.05) is 6.20 Å². The average molecular weight is 258 g/mol. The zero-order chi connectivity index (χ0) is 7.84. The molecule has 82 valence electrons. The number of halogens is 2. The summed E-state index contributed by atoms with van der Waals surface area (Å²) in [7, 11) is 0. The van der Waals surface area contributed by atoms with Crippen LogP contribution >= 0.6 is 36.2 Å². The van der Waals surface area contributed by atoms with E-state index in [0.29, 0.717) is 6.54 Å². The molecule has 14 heavy (non-hydrogen) atoms. The highest BCUT2D eigenvalue weighted by atomic mass is 35.5. The Morgan fingerprint density at radius 2 is 2.14 bits per heavy atom. The Bertz CT molecular complexity index is 387. The third-order valence-corrected chi connectivity index (χ3v) is 2.61. The molecule has 7 heteroatoms. The first-order chi connectivity index (χ1) is 5.31. The quantitative estimate of drug-likeness (QED) is 0.834. The van der Waals surface area contributed by atoms with Crippen molar-refractivity contribution in [2.75, 3.05) is 0 Å². The molecule has 0 fully saturated rings. The van der Waals surface area contributed by atoms with Crippen LogP contribution in [-0.2, 0) is 6.54 Å². The van der Waals surface area contributed by atoms with Gasteiger partial charge in [-0.05, 0) is 6.92 Å². The van der Waals surface area contributed by atoms with Crippen molar-refractivity contribution in [3.63, 3.8) is 0 Å². The Labute approximate surface area is 98.3 Å². The first-order valence-corrected chi connectivity index (χ1v) is 4.31. The molecule has 4 nitrogen and oxygen atoms in total. The van der Waals surface area contributed by atoms with E-state index in [0.717, 1.165) is 10.7 Å². The van der Waals surface area contributed by atoms with Gasteiger partial charge < -0.3 is 11.2 Å². The Hall–Kier alpha value is -0.330. The zero-order valence-electron chi connectivity index (χ0n) is 7.56. The molecule has 2 aromatic rings. The van der Waals surface area contributed by atoms with Crippen LogP contribution in [0.1, 0.15) is 11.4 Å². The maximum atomic E-state index is 5.45. The number of hydrogen-bond acceptors (Lipinski definition) is 3. The zero-order valence-corrected chi connectivity index (χ0v) is 10.0. The predicted molar refractivity (Wildman–Crippen MR) is 63.8 cm³/mol. The van der Waals surface area contributed by atoms with Crippen molar-refractivity contribution in [3.05, 3.63) is 23.0 Å². The Balaban J connectivity index is 0. The van der Waals surface area contributed by atoms with E-state index in [2.05, 4.69) is 21.7 Å². The summed E-state index contributed by atoms with van der Waals surface area (Å²) in [5.41, 5.74) is 7.63. The van der Waals surface area contributed by atoms with Crippen LogP contribution in [0, 0.1) is 6.92 Å². The third-order valence-electron chi connectivity index (χ3n) is 1.65. The molecule has 0 spiro atoms. The lowest BCUT2D eigenvalue weighted by Crippen LogP contribution is -1.95. The van der Waals surface area contributed by atoms with Crippen molar-refractivity contribution in [3.8, 4) is 0 Å². The molecule has 2 heterocycles. The fourth-order valence-electron chi connectivity index (χ4n) is 1.04. The third kappa shape index (κ3) is 2.59. The van der Waals surface area contributed by atoms with Crippen molar-refractivity contribution >= 4 is 41.1 Å². The van der Waals surface area contributed by atoms with E-state index in [1.165, 1.54) is 5.69 Å². The van der Waals surface area contributed by atoms with Gasteiger partial charge >= 0.3 is 0 Å². The molecule has 2 rings (SSSR count). The van der Waals surface area contributed by atoms with Gasteiger partial charge in [0, 0.05) is 23.8 Å². The van der Waals surface area contributed by atoms with Crippen LogP contribution in [0.2, 0.25) is 0 Å². The number of hydrogen-bond donors (Lipinski definition) is 1. The second kappa shape index (κ2) is 6.21. The molecule has 0 amide bonds. The molecule has 0 aliphatic carbocycles. The lowest BCUT2D eigenvalue weighted by Gasteiger charge is -1.84. The highest BCUT2D eigenvalue weighted by Gasteiger charge is 2.02. The molecular weight excluding hydrogens is 245 g/mol. The second-order valence-electron chi connectivity index (χ2n) is 2.47. The van der Waals surface area contributed by atoms with Crippen molar-refractivity contribution in [1.29, 1.82) is 0 Å². The summed E-state index contributed by atoms with van der Waals surface area (Å²) < 4.78 is 2.06. The number of aromatic nitrogens is 2. The van der Waals surface area contributed by atoms with Crippen LogP contribution in [-0.4, -0.2) is 14.9 Å². The summed E-state index contributed by atoms with van der Waals surface area (Å²) in [5, 5.41) is 2.09. The summed E-state index contributed by atoms with van der Waals surface area (Å²) in [6.07, 6.45) is 1.99. The molecule has 0 aromatic carbocycles. The van der Waals surface area contributed by atoms with Gasteiger partial charge in [-0.3, -0.25) is 4.40 Å². The number of nitrogens with zero attached hydrogens (tertiary/aromatic N) is 2. The number of fused-ring (bicyclic) bond motifs is 1. The SMILES string of the molecule is Cc1csc2nc(CN)cn12.Cl.Cl.O. The molecule has 4 N–H and O–H groups in total. The summed E-state index contributed by atoms with van der Waals surface area (Å²) in [6.45, 7) is 2.58. The van der Waals surface area contributed by atoms with Gasteiger partial charge in [-0.15, -0.1) is 36.2 Å². The highest BCUT2D eigenvalue weighted by molar-refractivity contribution is 7.15. The van der Waals surface area contributed by atoms with Gasteiger partial charge in [-0.2, -0.15) is 0 Å². The Kier molecular flexibility index (Phi) is 7.15. The van der Waals surface area contributed by atoms with E-state index >= 15 is 0 Å². The number of imidazole rings is 1. The lowest BCUT2D eigenvalue weighted by molar-refractivity contribution is 0.824. The second-order valence-corrected chi connectivity index (χ2v) is 3.30. The van der Waals surface area contributed by atoms with Crippen LogP contribution in [0.25, 0.3) is 4.96 Å². The van der Waals surface area contributed by atoms with Gasteiger partial charge in [-0.25, -0.2) is 4.98 Å². The maximum absolute atomic E-state index is 5.45. The molecular formula is C7H13Cl2N3OS. The summed E-state index contributed by atoms with van der Waals surface area (Å²) in [5.74, 6) is 0. The topological polar surface area (TPSA) is 74.8 Å². The maximum Gasteiger partial charge on any atom is 0.194 e. The van der Waals surface area contributed by atoms with E-state index in [1.54, 1.807) is 11.3 Å². The summed E-state index contributed by atoms with van der Waals surface area (Å²) in [6, 6.07) is 0. The number of aryl methyl sites for hydroxylation is 1. The average Bonchev–Trinajstić information content (AvgIpc) is 2.53. The van der Waals surface area contributed by atoms with Gasteiger partial charge in [0.2, 0.25) is 0 Å². The minimum Gasteiger partial charge on any atom is -0.412 e. The van der Waals surface area contributed by atoms with Crippen LogP contribution in [0.3, 0.4) is 0 Å². The molecule has 0 saturated carbocycles. The molecule has 0 unspecified atom stereocenters. The van der Waals surface area contributed by atoms with Crippen molar-refractivity contribution in [2.24, 2.45) is 5.73 Å². The van der Waals surface area contributed by atoms with Crippen LogP contribution in [0.5, 0.6) is 0 Å². The van der Waals surface area contributed by atoms with E-state index in [4.69, 9.17) is 5.73 Å². The molecule has 0 aliphatic rings. The highest BCUT2D eigenvalue weighted by Crippen LogP contribution is 2.15. The van der Waals surface area contributed by atoms with E-state index in [-0.39, 0.29) is 30.3 Å². The van der Waals surface area contributed by atoms with Crippen LogP contribution in [0.15, 0.2) is 11.6 Å². The standard InChI is InChI=1S/C7H9N3S.2ClH.H2O/c1-5-4-11-7-9-6(2-8)3-10(5)7;;;/h3-4H,2,8H2,1H3;2*1H;1H2. The minimum absolute atomic E-state index is 0. The fourth-order valence-corrected chi connectivity index (χ4v) is 1.91. The van der Waals surface area contributed by atoms with Gasteiger partial charge in [0.05, 0.1) is 5.69 Å². The largest absolute Gasteiger partial charge is 0.412 e. The van der Waals surface area contributed by atoms with Gasteiger partial charge in [-0.1, -0.05) is 0 Å². The smallest absolute Gasteiger partial charge is 0.194 e. The molecule has 0 aliphatic heterocycles. The van der Waals surface area contributed by atoms with Crippen molar-refractivity contribution < 1.29 is 5.48 Å². The van der Waals surface area contributed by atoms with Crippen LogP contribution < -0.4 is 5.73 Å². The van der Waals surface area contributed by atoms with E-state index in [9.17, 15) is 0 Å². The number of rotatable bonds is 1. The fraction of sp³-hybridized carbons (Fsp3) is 0.286. The number of nitrogens with two attached hydrogens (primary N) is 1. The molecule has 0 atom stereocenters. The van der Waals surface area contributed by atoms with Gasteiger partial charge in [0.25, 0.3) is 0 Å². The lowest BCUT2D eigenvalue weighted by atomic mass is 10.5. The normalized spacial score (nSPS) is 8.71. The first kappa shape index (κ1) is 16.1. The van der Waals surface area contributed by atoms with Crippen molar-refractivity contribution in [1.82, 2.24) is 9.38 Å². The summed E-state index contributed by atoms with van der Waals surface area (Å²) >= 11 is 1.65. The minimum atomic E-state index is 0. The van der Waals surface area contributed by atoms with Gasteiger partial charge in [0.15, 0.2) is 4.96 Å². The first-order valence-electron chi connectivity index (χ1n) is 3.43. The summed E-state index contributed by atoms with van der Waals surface area (Å²) in [4.78, 5) is 5.34. The van der Waals surface area contributed by atoms with Gasteiger partial charge in [0.1, 0.15) is 0 Å². The van der Waals surface area contributed by atoms with Crippen molar-refractivity contribution in [2.45, 2.75) is 13.5 Å². The monoisotopic (exact) mass is 257 g/mol. The predicted octanol–water partition coefficient (Wildman–Crippen LogP) is 1.18. The van der Waals surface area contributed by atoms with Crippen LogP contribution in [0.4, 0.5) is 0 Å². The Morgan fingerprint density at radius 3 is 2.64 bits per heavy atom. The molecule has 0 bridgehead atoms. The molecule has 2 aromatic heterocycles.